The Labute approximate surface area is 567 Å². The lowest BCUT2D eigenvalue weighted by atomic mass is 9.67. The lowest BCUT2D eigenvalue weighted by Gasteiger charge is -2.34. The highest BCUT2D eigenvalue weighted by Crippen LogP contribution is 2.62. The van der Waals surface area contributed by atoms with Crippen LogP contribution >= 0.6 is 22.6 Å². The molecular weight excluding hydrogens is 1240 g/mol. The number of aryl methyl sites for hydroxylation is 5. The number of halogens is 1. The van der Waals surface area contributed by atoms with E-state index in [1.807, 2.05) is 0 Å². The Morgan fingerprint density at radius 2 is 0.787 bits per heavy atom. The van der Waals surface area contributed by atoms with Crippen LogP contribution in [0, 0.1) is 31.3 Å². The highest BCUT2D eigenvalue weighted by molar-refractivity contribution is 14.1. The molecule has 0 aromatic heterocycles. The summed E-state index contributed by atoms with van der Waals surface area (Å²) in [6.07, 6.45) is 3.49. The van der Waals surface area contributed by atoms with Gasteiger partial charge in [0.25, 0.3) is 0 Å². The average molecular weight is 1320 g/mol. The van der Waals surface area contributed by atoms with Crippen molar-refractivity contribution < 1.29 is 0 Å². The maximum absolute atomic E-state index is 2.55. The highest BCUT2D eigenvalue weighted by atomic mass is 127. The molecule has 0 spiro atoms. The zero-order valence-corrected chi connectivity index (χ0v) is 56.5. The van der Waals surface area contributed by atoms with E-state index in [9.17, 15) is 0 Å². The van der Waals surface area contributed by atoms with Crippen LogP contribution < -0.4 is 0 Å². The smallest absolute Gasteiger partial charge is 0.0620 e. The molecule has 94 heavy (non-hydrogen) atoms. The topological polar surface area (TPSA) is 0 Å². The van der Waals surface area contributed by atoms with E-state index in [1.54, 1.807) is 0 Å². The Kier molecular flexibility index (Phi) is 13.9. The van der Waals surface area contributed by atoms with Crippen LogP contribution in [0.15, 0.2) is 285 Å². The molecular formula is C93H73I. The Morgan fingerprint density at radius 1 is 0.319 bits per heavy atom. The van der Waals surface area contributed by atoms with E-state index in [1.165, 1.54) is 181 Å². The first-order valence-electron chi connectivity index (χ1n) is 33.7. The molecule has 1 heteroatoms. The summed E-state index contributed by atoms with van der Waals surface area (Å²) in [5.41, 5.74) is 36.1. The van der Waals surface area contributed by atoms with Gasteiger partial charge in [-0.1, -0.05) is 304 Å². The van der Waals surface area contributed by atoms with Crippen LogP contribution in [0.2, 0.25) is 0 Å². The van der Waals surface area contributed by atoms with Gasteiger partial charge >= 0.3 is 0 Å². The summed E-state index contributed by atoms with van der Waals surface area (Å²) >= 11 is 2.55. The third kappa shape index (κ3) is 8.76. The van der Waals surface area contributed by atoms with Gasteiger partial charge in [-0.2, -0.15) is 0 Å². The minimum absolute atomic E-state index is 0.355. The van der Waals surface area contributed by atoms with E-state index in [-0.39, 0.29) is 5.41 Å². The first-order valence-corrected chi connectivity index (χ1v) is 34.8. The van der Waals surface area contributed by atoms with Crippen LogP contribution in [-0.4, -0.2) is 0 Å². The van der Waals surface area contributed by atoms with Crippen molar-refractivity contribution in [3.8, 4) is 44.5 Å². The van der Waals surface area contributed by atoms with E-state index in [0.717, 1.165) is 25.7 Å². The molecule has 14 aromatic carbocycles. The lowest BCUT2D eigenvalue weighted by Crippen LogP contribution is -2.29. The van der Waals surface area contributed by atoms with Crippen LogP contribution in [0.4, 0.5) is 0 Å². The van der Waals surface area contributed by atoms with E-state index in [0.29, 0.717) is 0 Å². The lowest BCUT2D eigenvalue weighted by molar-refractivity contribution is 0.588. The third-order valence-corrected chi connectivity index (χ3v) is 22.7. The number of fused-ring (bicyclic) bond motifs is 14. The Hall–Kier alpha value is -9.67. The molecule has 0 heterocycles. The van der Waals surface area contributed by atoms with Crippen LogP contribution in [0.3, 0.4) is 0 Å². The van der Waals surface area contributed by atoms with E-state index < -0.39 is 10.8 Å². The average Bonchev–Trinajstić information content (AvgIpc) is 1.54. The van der Waals surface area contributed by atoms with Gasteiger partial charge in [0, 0.05) is 8.99 Å². The first-order chi connectivity index (χ1) is 46.0. The Bertz CT molecular complexity index is 5330. The highest BCUT2D eigenvalue weighted by Gasteiger charge is 2.50. The summed E-state index contributed by atoms with van der Waals surface area (Å²) < 4.78 is 1.26. The summed E-state index contributed by atoms with van der Waals surface area (Å²) in [4.78, 5) is 0. The van der Waals surface area contributed by atoms with Crippen LogP contribution in [-0.2, 0) is 41.9 Å². The van der Waals surface area contributed by atoms with Crippen LogP contribution in [0.25, 0.3) is 66.1 Å². The molecule has 0 saturated carbocycles. The monoisotopic (exact) mass is 1320 g/mol. The minimum atomic E-state index is -0.527. The van der Waals surface area contributed by atoms with Gasteiger partial charge < -0.3 is 0 Å². The number of rotatable bonds is 12. The molecule has 17 rings (SSSR count). The Morgan fingerprint density at radius 3 is 1.39 bits per heavy atom. The van der Waals surface area contributed by atoms with Crippen molar-refractivity contribution in [1.82, 2.24) is 0 Å². The van der Waals surface area contributed by atoms with Gasteiger partial charge in [-0.3, -0.25) is 0 Å². The van der Waals surface area contributed by atoms with Gasteiger partial charge in [0.1, 0.15) is 0 Å². The molecule has 2 unspecified atom stereocenters. The maximum Gasteiger partial charge on any atom is 0.0713 e. The number of hydrogen-bond donors (Lipinski definition) is 0. The molecule has 2 atom stereocenters. The quantitative estimate of drug-likeness (QED) is 0.0845. The van der Waals surface area contributed by atoms with Gasteiger partial charge in [0.05, 0.1) is 10.8 Å². The second kappa shape index (κ2) is 22.5. The number of hydrogen-bond acceptors (Lipinski definition) is 0. The summed E-state index contributed by atoms with van der Waals surface area (Å²) in [7, 11) is 0. The second-order valence-corrected chi connectivity index (χ2v) is 28.7. The molecule has 0 radical (unpaired) electrons. The summed E-state index contributed by atoms with van der Waals surface area (Å²) in [5.74, 6) is 0. The van der Waals surface area contributed by atoms with Gasteiger partial charge in [-0.05, 0) is 249 Å². The van der Waals surface area contributed by atoms with Crippen molar-refractivity contribution in [3.05, 3.63) is 400 Å². The minimum Gasteiger partial charge on any atom is -0.0620 e. The summed E-state index contributed by atoms with van der Waals surface area (Å²) in [6.45, 7) is 13.7. The fourth-order valence-electron chi connectivity index (χ4n) is 17.8. The van der Waals surface area contributed by atoms with Gasteiger partial charge in [0.2, 0.25) is 0 Å². The van der Waals surface area contributed by atoms with Crippen molar-refractivity contribution in [2.75, 3.05) is 0 Å². The molecule has 3 aliphatic carbocycles. The maximum atomic E-state index is 2.55. The molecule has 0 fully saturated rings. The molecule has 3 aliphatic rings. The van der Waals surface area contributed by atoms with Gasteiger partial charge in [0.15, 0.2) is 0 Å². The van der Waals surface area contributed by atoms with Crippen molar-refractivity contribution in [3.63, 3.8) is 0 Å². The van der Waals surface area contributed by atoms with Crippen LogP contribution in [0.5, 0.6) is 0 Å². The van der Waals surface area contributed by atoms with E-state index >= 15 is 0 Å². The Balaban J connectivity index is 0.768. The first kappa shape index (κ1) is 58.2. The van der Waals surface area contributed by atoms with Crippen molar-refractivity contribution >= 4 is 44.1 Å². The van der Waals surface area contributed by atoms with Crippen molar-refractivity contribution in [1.29, 1.82) is 0 Å². The fourth-order valence-corrected chi connectivity index (χ4v) is 18.3. The van der Waals surface area contributed by atoms with Gasteiger partial charge in [-0.15, -0.1) is 0 Å². The SMILES string of the molecule is CCc1ccccc1-c1cccc(C)c1Cc1cccc2c1-c1ccccc1C2(c1ccc(C)cc1)c1ccc(Cc2ccc3c4c(c5ccccc5c3c2)C(C)(Cc2cccc3c2-c2ccccc2C3(c2ccc(C)cc2)c2ccc(C)cc2)c2cc(I)ccc2-4)cc1. The molecule has 14 aromatic rings. The molecule has 0 N–H and O–H groups in total. The number of benzene rings is 14. The predicted octanol–water partition coefficient (Wildman–Crippen LogP) is 23.5. The molecule has 0 aliphatic heterocycles. The molecule has 0 nitrogen and oxygen atoms in total. The van der Waals surface area contributed by atoms with Crippen molar-refractivity contribution in [2.45, 2.75) is 83.5 Å². The zero-order valence-electron chi connectivity index (χ0n) is 54.3. The van der Waals surface area contributed by atoms with E-state index in [2.05, 4.69) is 349 Å². The summed E-state index contributed by atoms with van der Waals surface area (Å²) in [5, 5.41) is 5.28. The largest absolute Gasteiger partial charge is 0.0713 e. The second-order valence-electron chi connectivity index (χ2n) is 27.4. The summed E-state index contributed by atoms with van der Waals surface area (Å²) in [6, 6.07) is 110. The zero-order chi connectivity index (χ0) is 63.6. The fraction of sp³-hybridized carbons (Fsp3) is 0.140. The third-order valence-electron chi connectivity index (χ3n) is 22.1. The van der Waals surface area contributed by atoms with Crippen molar-refractivity contribution in [2.24, 2.45) is 0 Å². The molecule has 0 amide bonds. The van der Waals surface area contributed by atoms with Gasteiger partial charge in [-0.25, -0.2) is 0 Å². The molecule has 452 valence electrons. The van der Waals surface area contributed by atoms with Crippen LogP contribution in [0.1, 0.15) is 125 Å². The molecule has 0 bridgehead atoms. The standard InChI is InChI=1S/C93H73I/c1-7-64-20-8-9-23-72(64)73-28-16-19-61(5)80(73)55-65-21-17-31-84-87(65)77-26-12-14-29-82(77)93(84,69-46-37-60(4)38-47-69)70-48-39-62(40-49-70)53-63-41-51-75-81(54-63)74-24-10-11-25-76(74)90-89(75)79-52-50-71(94)56-86(79)91(90,6)57-66-22-18-32-85-88(66)78-27-13-15-30-83(78)92(85,67-42-33-58(2)34-43-67)68-44-35-59(3)36-45-68/h8-52,54,56H,7,53,55,57H2,1-6H3. The van der Waals surface area contributed by atoms with E-state index in [4.69, 9.17) is 0 Å². The predicted molar refractivity (Wildman–Crippen MR) is 403 cm³/mol. The normalized spacial score (nSPS) is 16.2. The molecule has 0 saturated heterocycles.